The van der Waals surface area contributed by atoms with Crippen molar-refractivity contribution in [2.24, 2.45) is 5.92 Å². The monoisotopic (exact) mass is 420 g/mol. The minimum atomic E-state index is -0.377. The Bertz CT molecular complexity index is 895. The second-order valence-corrected chi connectivity index (χ2v) is 8.83. The predicted octanol–water partition coefficient (Wildman–Crippen LogP) is 4.60. The first kappa shape index (κ1) is 21.6. The Kier molecular flexibility index (Phi) is 7.03. The third-order valence-electron chi connectivity index (χ3n) is 6.46. The summed E-state index contributed by atoms with van der Waals surface area (Å²) in [7, 11) is 0. The summed E-state index contributed by atoms with van der Waals surface area (Å²) in [5.74, 6) is 0.587. The molecule has 0 bridgehead atoms. The number of hydrogen-bond acceptors (Lipinski definition) is 3. The maximum Gasteiger partial charge on any atom is 0.253 e. The first-order chi connectivity index (χ1) is 15.1. The number of anilines is 1. The quantitative estimate of drug-likeness (QED) is 0.743. The molecule has 2 aromatic rings. The highest BCUT2D eigenvalue weighted by atomic mass is 16.5. The van der Waals surface area contributed by atoms with E-state index in [1.165, 1.54) is 17.5 Å². The van der Waals surface area contributed by atoms with Gasteiger partial charge in [0.1, 0.15) is 6.10 Å². The molecule has 0 radical (unpaired) electrons. The van der Waals surface area contributed by atoms with Gasteiger partial charge < -0.3 is 15.0 Å². The summed E-state index contributed by atoms with van der Waals surface area (Å²) in [5.41, 5.74) is 3.97. The Labute approximate surface area is 184 Å². The number of nitrogens with one attached hydrogen (secondary N) is 1. The van der Waals surface area contributed by atoms with E-state index >= 15 is 0 Å². The van der Waals surface area contributed by atoms with E-state index in [-0.39, 0.29) is 17.9 Å². The molecule has 31 heavy (non-hydrogen) atoms. The van der Waals surface area contributed by atoms with Crippen molar-refractivity contribution in [1.82, 2.24) is 4.90 Å². The smallest absolute Gasteiger partial charge is 0.253 e. The summed E-state index contributed by atoms with van der Waals surface area (Å²) in [4.78, 5) is 27.2. The Hall–Kier alpha value is -2.66. The molecule has 5 heteroatoms. The third-order valence-corrected chi connectivity index (χ3v) is 6.46. The molecule has 2 aliphatic heterocycles. The molecule has 2 heterocycles. The molecule has 2 amide bonds. The van der Waals surface area contributed by atoms with Gasteiger partial charge in [-0.2, -0.15) is 0 Å². The SMILES string of the molecule is Cc1ccc(CCC2CCN(C(=O)c3cccc(NC(=O)C4CCCO4)c3)CC2)cc1. The van der Waals surface area contributed by atoms with Gasteiger partial charge in [0, 0.05) is 30.9 Å². The minimum absolute atomic E-state index is 0.0465. The maximum atomic E-state index is 13.0. The lowest BCUT2D eigenvalue weighted by Crippen LogP contribution is -2.38. The lowest BCUT2D eigenvalue weighted by molar-refractivity contribution is -0.124. The van der Waals surface area contributed by atoms with E-state index in [1.807, 2.05) is 23.1 Å². The first-order valence-corrected chi connectivity index (χ1v) is 11.5. The normalized spacial score (nSPS) is 19.4. The van der Waals surface area contributed by atoms with Crippen molar-refractivity contribution in [3.8, 4) is 0 Å². The van der Waals surface area contributed by atoms with E-state index in [4.69, 9.17) is 4.74 Å². The fourth-order valence-corrected chi connectivity index (χ4v) is 4.47. The Morgan fingerprint density at radius 2 is 1.84 bits per heavy atom. The van der Waals surface area contributed by atoms with Crippen molar-refractivity contribution < 1.29 is 14.3 Å². The summed E-state index contributed by atoms with van der Waals surface area (Å²) in [5, 5.41) is 2.89. The molecule has 5 nitrogen and oxygen atoms in total. The average Bonchev–Trinajstić information content (AvgIpc) is 3.34. The maximum absolute atomic E-state index is 13.0. The van der Waals surface area contributed by atoms with Crippen LogP contribution < -0.4 is 5.32 Å². The van der Waals surface area contributed by atoms with Crippen LogP contribution in [0.1, 0.15) is 53.6 Å². The number of rotatable bonds is 6. The van der Waals surface area contributed by atoms with Crippen LogP contribution in [0.5, 0.6) is 0 Å². The van der Waals surface area contributed by atoms with Gasteiger partial charge >= 0.3 is 0 Å². The van der Waals surface area contributed by atoms with E-state index in [2.05, 4.69) is 36.5 Å². The van der Waals surface area contributed by atoms with Gasteiger partial charge in [-0.05, 0) is 75.1 Å². The Balaban J connectivity index is 1.27. The van der Waals surface area contributed by atoms with Crippen LogP contribution in [0.2, 0.25) is 0 Å². The number of piperidine rings is 1. The molecule has 2 saturated heterocycles. The highest BCUT2D eigenvalue weighted by Gasteiger charge is 2.25. The van der Waals surface area contributed by atoms with Gasteiger partial charge in [0.15, 0.2) is 0 Å². The molecule has 164 valence electrons. The van der Waals surface area contributed by atoms with Crippen LogP contribution in [0.15, 0.2) is 48.5 Å². The molecule has 0 spiro atoms. The van der Waals surface area contributed by atoms with Crippen LogP contribution in [0.3, 0.4) is 0 Å². The van der Waals surface area contributed by atoms with E-state index in [1.54, 1.807) is 6.07 Å². The molecule has 0 saturated carbocycles. The van der Waals surface area contributed by atoms with Crippen molar-refractivity contribution in [2.75, 3.05) is 25.0 Å². The minimum Gasteiger partial charge on any atom is -0.368 e. The number of nitrogens with zero attached hydrogens (tertiary/aromatic N) is 1. The number of likely N-dealkylation sites (tertiary alicyclic amines) is 1. The van der Waals surface area contributed by atoms with E-state index in [0.29, 0.717) is 23.8 Å². The number of aryl methyl sites for hydroxylation is 2. The summed E-state index contributed by atoms with van der Waals surface area (Å²) < 4.78 is 5.44. The van der Waals surface area contributed by atoms with Crippen molar-refractivity contribution in [2.45, 2.75) is 51.6 Å². The summed E-state index contributed by atoms with van der Waals surface area (Å²) >= 11 is 0. The third kappa shape index (κ3) is 5.73. The van der Waals surface area contributed by atoms with Crippen LogP contribution in [-0.4, -0.2) is 42.5 Å². The average molecular weight is 421 g/mol. The van der Waals surface area contributed by atoms with Gasteiger partial charge in [-0.3, -0.25) is 9.59 Å². The van der Waals surface area contributed by atoms with Gasteiger partial charge in [-0.15, -0.1) is 0 Å². The standard InChI is InChI=1S/C26H32N2O3/c1-19-7-9-20(10-8-19)11-12-21-13-15-28(16-14-21)26(30)22-4-2-5-23(18-22)27-25(29)24-6-3-17-31-24/h2,4-5,7-10,18,21,24H,3,6,11-17H2,1H3,(H,27,29). The second kappa shape index (κ2) is 10.1. The molecule has 0 aromatic heterocycles. The molecule has 1 unspecified atom stereocenters. The lowest BCUT2D eigenvalue weighted by atomic mass is 9.90. The van der Waals surface area contributed by atoms with Crippen molar-refractivity contribution in [3.63, 3.8) is 0 Å². The number of ether oxygens (including phenoxy) is 1. The molecule has 2 aliphatic rings. The van der Waals surface area contributed by atoms with Crippen molar-refractivity contribution in [1.29, 1.82) is 0 Å². The highest BCUT2D eigenvalue weighted by Crippen LogP contribution is 2.24. The summed E-state index contributed by atoms with van der Waals surface area (Å²) in [6, 6.07) is 16.0. The number of hydrogen-bond donors (Lipinski definition) is 1. The molecule has 1 N–H and O–H groups in total. The molecule has 0 aliphatic carbocycles. The van der Waals surface area contributed by atoms with Crippen molar-refractivity contribution >= 4 is 17.5 Å². The topological polar surface area (TPSA) is 58.6 Å². The van der Waals surface area contributed by atoms with Gasteiger partial charge in [0.2, 0.25) is 0 Å². The van der Waals surface area contributed by atoms with E-state index in [9.17, 15) is 9.59 Å². The molecule has 2 aromatic carbocycles. The highest BCUT2D eigenvalue weighted by molar-refractivity contribution is 5.98. The Morgan fingerprint density at radius 3 is 2.55 bits per heavy atom. The second-order valence-electron chi connectivity index (χ2n) is 8.83. The zero-order chi connectivity index (χ0) is 21.6. The van der Waals surface area contributed by atoms with E-state index in [0.717, 1.165) is 45.2 Å². The van der Waals surface area contributed by atoms with Gasteiger partial charge in [0.05, 0.1) is 0 Å². The zero-order valence-corrected chi connectivity index (χ0v) is 18.3. The van der Waals surface area contributed by atoms with E-state index < -0.39 is 0 Å². The molecule has 4 rings (SSSR count). The van der Waals surface area contributed by atoms with Crippen LogP contribution in [0.4, 0.5) is 5.69 Å². The number of benzene rings is 2. The summed E-state index contributed by atoms with van der Waals surface area (Å²) in [6.45, 7) is 4.34. The van der Waals surface area contributed by atoms with Crippen LogP contribution >= 0.6 is 0 Å². The van der Waals surface area contributed by atoms with Crippen LogP contribution in [0, 0.1) is 12.8 Å². The lowest BCUT2D eigenvalue weighted by Gasteiger charge is -2.32. The van der Waals surface area contributed by atoms with Crippen LogP contribution in [0.25, 0.3) is 0 Å². The molecular formula is C26H32N2O3. The number of carbonyl (C=O) groups excluding carboxylic acids is 2. The van der Waals surface area contributed by atoms with Crippen molar-refractivity contribution in [3.05, 3.63) is 65.2 Å². The summed E-state index contributed by atoms with van der Waals surface area (Å²) in [6.07, 6.45) is 5.67. The fourth-order valence-electron chi connectivity index (χ4n) is 4.47. The molecule has 2 fully saturated rings. The first-order valence-electron chi connectivity index (χ1n) is 11.5. The number of amides is 2. The number of carbonyl (C=O) groups is 2. The van der Waals surface area contributed by atoms with Gasteiger partial charge in [0.25, 0.3) is 11.8 Å². The van der Waals surface area contributed by atoms with Gasteiger partial charge in [-0.25, -0.2) is 0 Å². The zero-order valence-electron chi connectivity index (χ0n) is 18.3. The van der Waals surface area contributed by atoms with Crippen LogP contribution in [-0.2, 0) is 16.0 Å². The van der Waals surface area contributed by atoms with Gasteiger partial charge in [-0.1, -0.05) is 35.9 Å². The predicted molar refractivity (Wildman–Crippen MR) is 122 cm³/mol. The molecular weight excluding hydrogens is 388 g/mol. The Morgan fingerprint density at radius 1 is 1.06 bits per heavy atom. The molecule has 1 atom stereocenters. The fraction of sp³-hybridized carbons (Fsp3) is 0.462. The largest absolute Gasteiger partial charge is 0.368 e.